The van der Waals surface area contributed by atoms with Crippen molar-refractivity contribution in [3.63, 3.8) is 0 Å². The molecule has 1 atom stereocenters. The van der Waals surface area contributed by atoms with Crippen LogP contribution in [0.5, 0.6) is 0 Å². The van der Waals surface area contributed by atoms with Crippen LogP contribution in [0.4, 0.5) is 23.7 Å². The third-order valence-corrected chi connectivity index (χ3v) is 4.03. The van der Waals surface area contributed by atoms with E-state index in [0.29, 0.717) is 10.9 Å². The van der Waals surface area contributed by atoms with Gasteiger partial charge in [-0.3, -0.25) is 4.90 Å². The van der Waals surface area contributed by atoms with E-state index >= 15 is 0 Å². The lowest BCUT2D eigenvalue weighted by atomic mass is 9.86. The molecule has 1 aromatic carbocycles. The Hall–Kier alpha value is -1.68. The monoisotopic (exact) mass is 388 g/mol. The summed E-state index contributed by atoms with van der Waals surface area (Å²) in [5, 5.41) is 2.04. The molecule has 1 heterocycles. The molecule has 0 aliphatic carbocycles. The number of amides is 2. The first-order valence-electron chi connectivity index (χ1n) is 7.01. The van der Waals surface area contributed by atoms with Crippen LogP contribution in [0.2, 0.25) is 0 Å². The van der Waals surface area contributed by atoms with E-state index in [1.54, 1.807) is 0 Å². The molecule has 7 heteroatoms. The maximum Gasteiger partial charge on any atom is 0.427 e. The molecule has 1 unspecified atom stereocenters. The normalized spacial score (nSPS) is 20.7. The average Bonchev–Trinajstić information content (AvgIpc) is 2.42. The number of urea groups is 1. The molecule has 0 fully saturated rings. The van der Waals surface area contributed by atoms with Gasteiger partial charge in [-0.15, -0.1) is 0 Å². The zero-order valence-electron chi connectivity index (χ0n) is 12.9. The highest BCUT2D eigenvalue weighted by atomic mass is 79.9. The highest BCUT2D eigenvalue weighted by molar-refractivity contribution is 9.10. The minimum Gasteiger partial charge on any atom is -0.310 e. The number of fused-ring (bicyclic) bond motifs is 1. The van der Waals surface area contributed by atoms with Crippen molar-refractivity contribution in [3.8, 4) is 11.8 Å². The van der Waals surface area contributed by atoms with E-state index in [-0.39, 0.29) is 17.2 Å². The third-order valence-electron chi connectivity index (χ3n) is 3.54. The van der Waals surface area contributed by atoms with E-state index in [1.807, 2.05) is 19.2 Å². The molecule has 0 saturated heterocycles. The Morgan fingerprint density at radius 1 is 1.39 bits per heavy atom. The summed E-state index contributed by atoms with van der Waals surface area (Å²) < 4.78 is 42.1. The molecule has 1 N–H and O–H groups in total. The Labute approximate surface area is 141 Å². The van der Waals surface area contributed by atoms with Gasteiger partial charge in [0.2, 0.25) is 5.54 Å². The fraction of sp³-hybridized carbons (Fsp3) is 0.438. The molecule has 0 spiro atoms. The Morgan fingerprint density at radius 3 is 2.61 bits per heavy atom. The summed E-state index contributed by atoms with van der Waals surface area (Å²) in [6.45, 7) is 3.74. The molecule has 1 aliphatic rings. The summed E-state index contributed by atoms with van der Waals surface area (Å²) in [4.78, 5) is 13.2. The smallest absolute Gasteiger partial charge is 0.310 e. The maximum absolute atomic E-state index is 13.9. The molecule has 0 aromatic heterocycles. The third kappa shape index (κ3) is 3.18. The summed E-state index contributed by atoms with van der Waals surface area (Å²) in [5.41, 5.74) is -2.59. The van der Waals surface area contributed by atoms with Crippen LogP contribution in [0, 0.1) is 17.8 Å². The first-order valence-corrected chi connectivity index (χ1v) is 7.80. The predicted molar refractivity (Wildman–Crippen MR) is 86.0 cm³/mol. The lowest BCUT2D eigenvalue weighted by Gasteiger charge is -2.40. The molecule has 3 nitrogen and oxygen atoms in total. The number of benzene rings is 1. The number of rotatable bonds is 1. The van der Waals surface area contributed by atoms with E-state index in [4.69, 9.17) is 0 Å². The van der Waals surface area contributed by atoms with E-state index in [9.17, 15) is 18.0 Å². The zero-order valence-corrected chi connectivity index (χ0v) is 14.5. The Bertz CT molecular complexity index is 691. The molecule has 2 amide bonds. The minimum atomic E-state index is -4.74. The maximum atomic E-state index is 13.9. The van der Waals surface area contributed by atoms with Crippen LogP contribution >= 0.6 is 15.9 Å². The number of alkyl halides is 3. The van der Waals surface area contributed by atoms with Gasteiger partial charge in [-0.2, -0.15) is 13.2 Å². The SMILES string of the molecule is CC(C)CC#CC1(C(F)(F)F)NC(=O)N(C)c2cc(Br)ccc21. The second-order valence-electron chi connectivity index (χ2n) is 5.80. The van der Waals surface area contributed by atoms with Gasteiger partial charge < -0.3 is 5.32 Å². The van der Waals surface area contributed by atoms with Gasteiger partial charge in [0, 0.05) is 23.5 Å². The van der Waals surface area contributed by atoms with Crippen LogP contribution in [0.3, 0.4) is 0 Å². The average molecular weight is 389 g/mol. The van der Waals surface area contributed by atoms with Crippen LogP contribution in [0.1, 0.15) is 25.8 Å². The van der Waals surface area contributed by atoms with Crippen molar-refractivity contribution >= 4 is 27.6 Å². The number of nitrogens with zero attached hydrogens (tertiary/aromatic N) is 1. The van der Waals surface area contributed by atoms with Crippen LogP contribution < -0.4 is 10.2 Å². The van der Waals surface area contributed by atoms with Gasteiger partial charge in [0.05, 0.1) is 5.69 Å². The van der Waals surface area contributed by atoms with Crippen molar-refractivity contribution in [3.05, 3.63) is 28.2 Å². The van der Waals surface area contributed by atoms with E-state index in [1.165, 1.54) is 25.2 Å². The second kappa shape index (κ2) is 6.08. The van der Waals surface area contributed by atoms with Crippen molar-refractivity contribution in [2.24, 2.45) is 5.92 Å². The van der Waals surface area contributed by atoms with Crippen molar-refractivity contribution in [2.75, 3.05) is 11.9 Å². The van der Waals surface area contributed by atoms with Crippen molar-refractivity contribution < 1.29 is 18.0 Å². The number of halogens is 4. The first kappa shape index (κ1) is 17.7. The van der Waals surface area contributed by atoms with Gasteiger partial charge in [0.25, 0.3) is 0 Å². The molecular formula is C16H16BrF3N2O. The van der Waals surface area contributed by atoms with Crippen LogP contribution in [-0.4, -0.2) is 19.3 Å². The highest BCUT2D eigenvalue weighted by Gasteiger charge is 2.60. The van der Waals surface area contributed by atoms with Gasteiger partial charge in [-0.05, 0) is 18.1 Å². The molecule has 124 valence electrons. The predicted octanol–water partition coefficient (Wildman–Crippen LogP) is 4.42. The summed E-state index contributed by atoms with van der Waals surface area (Å²) >= 11 is 3.22. The lowest BCUT2D eigenvalue weighted by Crippen LogP contribution is -2.61. The van der Waals surface area contributed by atoms with Crippen molar-refractivity contribution in [1.29, 1.82) is 0 Å². The molecule has 1 aliphatic heterocycles. The number of anilines is 1. The Kier molecular flexibility index (Phi) is 4.67. The number of hydrogen-bond donors (Lipinski definition) is 1. The largest absolute Gasteiger partial charge is 0.427 e. The summed E-state index contributed by atoms with van der Waals surface area (Å²) in [6.07, 6.45) is -4.42. The quantitative estimate of drug-likeness (QED) is 0.709. The van der Waals surface area contributed by atoms with E-state index in [0.717, 1.165) is 4.90 Å². The second-order valence-corrected chi connectivity index (χ2v) is 6.71. The molecule has 0 bridgehead atoms. The van der Waals surface area contributed by atoms with Crippen LogP contribution in [-0.2, 0) is 5.54 Å². The highest BCUT2D eigenvalue weighted by Crippen LogP contribution is 2.45. The summed E-state index contributed by atoms with van der Waals surface area (Å²) in [6, 6.07) is 3.49. The van der Waals surface area contributed by atoms with Gasteiger partial charge >= 0.3 is 12.2 Å². The van der Waals surface area contributed by atoms with Gasteiger partial charge in [-0.1, -0.05) is 47.7 Å². The summed E-state index contributed by atoms with van der Waals surface area (Å²) in [5.74, 6) is 5.00. The topological polar surface area (TPSA) is 32.3 Å². The first-order chi connectivity index (χ1) is 10.6. The number of nitrogens with one attached hydrogen (secondary N) is 1. The van der Waals surface area contributed by atoms with Gasteiger partial charge in [0.15, 0.2) is 0 Å². The standard InChI is InChI=1S/C16H16BrF3N2O/c1-10(2)5-4-8-15(16(18,19)20)12-7-6-11(17)9-13(12)22(3)14(23)21-15/h6-7,9-10H,5H2,1-3H3,(H,21,23). The van der Waals surface area contributed by atoms with Crippen molar-refractivity contribution in [1.82, 2.24) is 5.32 Å². The minimum absolute atomic E-state index is 0.0773. The molecular weight excluding hydrogens is 373 g/mol. The zero-order chi connectivity index (χ0) is 17.4. The Morgan fingerprint density at radius 2 is 2.04 bits per heavy atom. The fourth-order valence-corrected chi connectivity index (χ4v) is 2.65. The number of carbonyl (C=O) groups is 1. The van der Waals surface area contributed by atoms with Crippen LogP contribution in [0.15, 0.2) is 22.7 Å². The van der Waals surface area contributed by atoms with Crippen molar-refractivity contribution in [2.45, 2.75) is 32.0 Å². The number of hydrogen-bond acceptors (Lipinski definition) is 1. The Balaban J connectivity index is 2.69. The van der Waals surface area contributed by atoms with Gasteiger partial charge in [-0.25, -0.2) is 4.79 Å². The van der Waals surface area contributed by atoms with Crippen LogP contribution in [0.25, 0.3) is 0 Å². The van der Waals surface area contributed by atoms with Gasteiger partial charge in [0.1, 0.15) is 0 Å². The van der Waals surface area contributed by atoms with E-state index < -0.39 is 17.7 Å². The fourth-order valence-electron chi connectivity index (χ4n) is 2.30. The van der Waals surface area contributed by atoms with E-state index in [2.05, 4.69) is 27.8 Å². The molecule has 0 saturated carbocycles. The number of carbonyl (C=O) groups excluding carboxylic acids is 1. The lowest BCUT2D eigenvalue weighted by molar-refractivity contribution is -0.178. The molecule has 0 radical (unpaired) electrons. The molecule has 1 aromatic rings. The molecule has 2 rings (SSSR count). The summed E-state index contributed by atoms with van der Waals surface area (Å²) in [7, 11) is 1.42. The molecule has 23 heavy (non-hydrogen) atoms.